The Hall–Kier alpha value is -2.67. The predicted molar refractivity (Wildman–Crippen MR) is 99.7 cm³/mol. The van der Waals surface area contributed by atoms with Crippen molar-refractivity contribution >= 4 is 17.7 Å². The third-order valence-corrected chi connectivity index (χ3v) is 5.49. The lowest BCUT2D eigenvalue weighted by molar-refractivity contribution is -0.120. The zero-order valence-electron chi connectivity index (χ0n) is 14.3. The summed E-state index contributed by atoms with van der Waals surface area (Å²) in [7, 11) is 0. The van der Waals surface area contributed by atoms with E-state index in [1.54, 1.807) is 41.2 Å². The molecule has 138 valence electrons. The van der Waals surface area contributed by atoms with Crippen LogP contribution < -0.4 is 5.32 Å². The van der Waals surface area contributed by atoms with Crippen molar-refractivity contribution in [2.75, 3.05) is 0 Å². The summed E-state index contributed by atoms with van der Waals surface area (Å²) in [5.74, 6) is -0.840. The average molecular weight is 385 g/mol. The highest BCUT2D eigenvalue weighted by Crippen LogP contribution is 2.36. The molecule has 1 aliphatic rings. The van der Waals surface area contributed by atoms with Crippen LogP contribution in [0, 0.1) is 11.6 Å². The lowest BCUT2D eigenvalue weighted by Gasteiger charge is -2.17. The molecule has 4 nitrogen and oxygen atoms in total. The molecule has 1 aromatic heterocycles. The number of thioether (sulfide) groups is 1. The SMILES string of the molecule is O=C(NC1CC1)C(Sc1nccn1-c1cccc(F)c1)c1ccc(F)cc1. The van der Waals surface area contributed by atoms with Gasteiger partial charge in [-0.1, -0.05) is 30.0 Å². The molecule has 0 radical (unpaired) electrons. The summed E-state index contributed by atoms with van der Waals surface area (Å²) in [5, 5.41) is 2.97. The number of rotatable bonds is 6. The Balaban J connectivity index is 1.64. The fourth-order valence-electron chi connectivity index (χ4n) is 2.72. The second-order valence-corrected chi connectivity index (χ2v) is 7.46. The molecule has 1 aliphatic carbocycles. The van der Waals surface area contributed by atoms with Gasteiger partial charge in [-0.05, 0) is 48.7 Å². The molecule has 0 bridgehead atoms. The molecule has 0 saturated heterocycles. The number of carbonyl (C=O) groups excluding carboxylic acids is 1. The first kappa shape index (κ1) is 17.7. The highest BCUT2D eigenvalue weighted by molar-refractivity contribution is 8.00. The molecule has 3 aromatic rings. The van der Waals surface area contributed by atoms with E-state index in [1.807, 2.05) is 0 Å². The zero-order valence-corrected chi connectivity index (χ0v) is 15.1. The Kier molecular flexibility index (Phi) is 4.94. The third kappa shape index (κ3) is 4.19. The van der Waals surface area contributed by atoms with Crippen LogP contribution in [0.15, 0.2) is 66.1 Å². The first-order valence-corrected chi connectivity index (χ1v) is 9.50. The number of nitrogens with zero attached hydrogens (tertiary/aromatic N) is 2. The van der Waals surface area contributed by atoms with Gasteiger partial charge in [0.2, 0.25) is 5.91 Å². The molecule has 1 saturated carbocycles. The lowest BCUT2D eigenvalue weighted by Crippen LogP contribution is -2.30. The number of hydrogen-bond acceptors (Lipinski definition) is 3. The van der Waals surface area contributed by atoms with Crippen LogP contribution in [0.5, 0.6) is 0 Å². The van der Waals surface area contributed by atoms with E-state index in [0.29, 0.717) is 16.4 Å². The molecule has 1 N–H and O–H groups in total. The Morgan fingerprint density at radius 1 is 1.15 bits per heavy atom. The summed E-state index contributed by atoms with van der Waals surface area (Å²) in [5.41, 5.74) is 1.31. The minimum Gasteiger partial charge on any atom is -0.352 e. The van der Waals surface area contributed by atoms with Crippen molar-refractivity contribution in [3.63, 3.8) is 0 Å². The monoisotopic (exact) mass is 385 g/mol. The van der Waals surface area contributed by atoms with Gasteiger partial charge in [-0.25, -0.2) is 13.8 Å². The Labute approximate surface area is 159 Å². The van der Waals surface area contributed by atoms with Gasteiger partial charge in [0, 0.05) is 18.4 Å². The third-order valence-electron chi connectivity index (χ3n) is 4.25. The Morgan fingerprint density at radius 2 is 1.93 bits per heavy atom. The van der Waals surface area contributed by atoms with E-state index < -0.39 is 5.25 Å². The zero-order chi connectivity index (χ0) is 18.8. The molecule has 1 heterocycles. The second kappa shape index (κ2) is 7.52. The van der Waals surface area contributed by atoms with Crippen LogP contribution in [0.3, 0.4) is 0 Å². The summed E-state index contributed by atoms with van der Waals surface area (Å²) < 4.78 is 28.6. The van der Waals surface area contributed by atoms with Crippen LogP contribution in [-0.2, 0) is 4.79 Å². The fourth-order valence-corrected chi connectivity index (χ4v) is 3.80. The van der Waals surface area contributed by atoms with Crippen LogP contribution in [0.25, 0.3) is 5.69 Å². The van der Waals surface area contributed by atoms with E-state index in [4.69, 9.17) is 0 Å². The summed E-state index contributed by atoms with van der Waals surface area (Å²) >= 11 is 1.25. The van der Waals surface area contributed by atoms with E-state index in [9.17, 15) is 13.6 Å². The van der Waals surface area contributed by atoms with E-state index in [0.717, 1.165) is 12.8 Å². The maximum Gasteiger partial charge on any atom is 0.238 e. The van der Waals surface area contributed by atoms with Gasteiger partial charge in [-0.3, -0.25) is 9.36 Å². The number of halogens is 2. The van der Waals surface area contributed by atoms with E-state index >= 15 is 0 Å². The molecule has 27 heavy (non-hydrogen) atoms. The summed E-state index contributed by atoms with van der Waals surface area (Å²) in [6.45, 7) is 0. The lowest BCUT2D eigenvalue weighted by atomic mass is 10.1. The summed E-state index contributed by atoms with van der Waals surface area (Å²) in [4.78, 5) is 17.1. The molecule has 4 rings (SSSR count). The first-order valence-electron chi connectivity index (χ1n) is 8.62. The fraction of sp³-hybridized carbons (Fsp3) is 0.200. The van der Waals surface area contributed by atoms with Crippen molar-refractivity contribution in [1.82, 2.24) is 14.9 Å². The van der Waals surface area contributed by atoms with Crippen molar-refractivity contribution in [3.8, 4) is 5.69 Å². The highest BCUT2D eigenvalue weighted by Gasteiger charge is 2.30. The van der Waals surface area contributed by atoms with Crippen LogP contribution in [-0.4, -0.2) is 21.5 Å². The van der Waals surface area contributed by atoms with Crippen LogP contribution in [0.4, 0.5) is 8.78 Å². The highest BCUT2D eigenvalue weighted by atomic mass is 32.2. The molecule has 1 fully saturated rings. The topological polar surface area (TPSA) is 46.9 Å². The van der Waals surface area contributed by atoms with Gasteiger partial charge in [0.1, 0.15) is 16.9 Å². The van der Waals surface area contributed by atoms with E-state index in [1.165, 1.54) is 36.0 Å². The predicted octanol–water partition coefficient (Wildman–Crippen LogP) is 4.26. The number of carbonyl (C=O) groups is 1. The minimum absolute atomic E-state index is 0.136. The molecule has 1 unspecified atom stereocenters. The number of amides is 1. The summed E-state index contributed by atoms with van der Waals surface area (Å²) in [6.07, 6.45) is 5.28. The molecule has 1 atom stereocenters. The molecule has 0 aliphatic heterocycles. The molecule has 0 spiro atoms. The quantitative estimate of drug-likeness (QED) is 0.645. The average Bonchev–Trinajstić information content (AvgIpc) is 3.34. The van der Waals surface area contributed by atoms with Gasteiger partial charge in [0.15, 0.2) is 5.16 Å². The Bertz CT molecular complexity index is 954. The maximum atomic E-state index is 13.6. The molecule has 1 amide bonds. The van der Waals surface area contributed by atoms with Gasteiger partial charge >= 0.3 is 0 Å². The van der Waals surface area contributed by atoms with E-state index in [-0.39, 0.29) is 23.6 Å². The summed E-state index contributed by atoms with van der Waals surface area (Å²) in [6, 6.07) is 12.3. The van der Waals surface area contributed by atoms with Gasteiger partial charge in [-0.15, -0.1) is 0 Å². The first-order chi connectivity index (χ1) is 13.1. The standard InChI is InChI=1S/C20H17F2N3OS/c21-14-6-4-13(5-7-14)18(19(26)24-16-8-9-16)27-20-23-10-11-25(20)17-3-1-2-15(22)12-17/h1-7,10-12,16,18H,8-9H2,(H,24,26). The van der Waals surface area contributed by atoms with E-state index in [2.05, 4.69) is 10.3 Å². The van der Waals surface area contributed by atoms with Crippen molar-refractivity contribution in [2.45, 2.75) is 29.3 Å². The van der Waals surface area contributed by atoms with Gasteiger partial charge < -0.3 is 5.32 Å². The van der Waals surface area contributed by atoms with Gasteiger partial charge in [0.25, 0.3) is 0 Å². The minimum atomic E-state index is -0.582. The van der Waals surface area contributed by atoms with Crippen molar-refractivity contribution in [2.24, 2.45) is 0 Å². The number of benzene rings is 2. The number of hydrogen-bond donors (Lipinski definition) is 1. The van der Waals surface area contributed by atoms with Gasteiger partial charge in [-0.2, -0.15) is 0 Å². The smallest absolute Gasteiger partial charge is 0.238 e. The molecular weight excluding hydrogens is 368 g/mol. The number of nitrogens with one attached hydrogen (secondary N) is 1. The maximum absolute atomic E-state index is 13.6. The van der Waals surface area contributed by atoms with Crippen LogP contribution in [0.1, 0.15) is 23.7 Å². The van der Waals surface area contributed by atoms with Gasteiger partial charge in [0.05, 0.1) is 5.69 Å². The largest absolute Gasteiger partial charge is 0.352 e. The normalized spacial score (nSPS) is 14.7. The second-order valence-electron chi connectivity index (χ2n) is 6.39. The molecule has 2 aromatic carbocycles. The molecular formula is C20H17F2N3OS. The van der Waals surface area contributed by atoms with Crippen LogP contribution in [0.2, 0.25) is 0 Å². The molecule has 7 heteroatoms. The van der Waals surface area contributed by atoms with Crippen molar-refractivity contribution < 1.29 is 13.6 Å². The number of imidazole rings is 1. The Morgan fingerprint density at radius 3 is 2.63 bits per heavy atom. The number of aromatic nitrogens is 2. The van der Waals surface area contributed by atoms with Crippen LogP contribution >= 0.6 is 11.8 Å². The van der Waals surface area contributed by atoms with Crippen molar-refractivity contribution in [3.05, 3.63) is 78.1 Å². The van der Waals surface area contributed by atoms with Crippen molar-refractivity contribution in [1.29, 1.82) is 0 Å².